The van der Waals surface area contributed by atoms with Gasteiger partial charge in [0, 0.05) is 6.07 Å². The van der Waals surface area contributed by atoms with E-state index in [0.717, 1.165) is 22.4 Å². The number of hydrogen-bond donors (Lipinski definition) is 2. The van der Waals surface area contributed by atoms with Gasteiger partial charge in [-0.2, -0.15) is 0 Å². The predicted octanol–water partition coefficient (Wildman–Crippen LogP) is 3.10. The molecule has 0 spiro atoms. The van der Waals surface area contributed by atoms with Gasteiger partial charge in [-0.3, -0.25) is 10.1 Å². The van der Waals surface area contributed by atoms with Crippen molar-refractivity contribution in [2.75, 3.05) is 5.32 Å². The van der Waals surface area contributed by atoms with Crippen LogP contribution in [0.1, 0.15) is 17.1 Å². The highest BCUT2D eigenvalue weighted by atomic mass is 16.6. The molecule has 0 aliphatic carbocycles. The number of anilines is 1. The third kappa shape index (κ3) is 2.60. The van der Waals surface area contributed by atoms with Crippen molar-refractivity contribution in [3.8, 4) is 0 Å². The number of imidazole rings is 1. The van der Waals surface area contributed by atoms with Crippen molar-refractivity contribution in [1.29, 1.82) is 0 Å². The molecule has 0 aliphatic heterocycles. The molecule has 0 unspecified atom stereocenters. The standard InChI is InChI=1S/C15H15N5O2/c1-9-4-3-5-11-15(9)19-14(18-11)8-16-13-7-6-12(20(21)22)10(2)17-13/h3-7H,8H2,1-2H3,(H,16,17)(H,18,19). The molecule has 0 radical (unpaired) electrons. The fraction of sp³-hybridized carbons (Fsp3) is 0.200. The summed E-state index contributed by atoms with van der Waals surface area (Å²) < 4.78 is 0. The van der Waals surface area contributed by atoms with Gasteiger partial charge >= 0.3 is 0 Å². The molecular formula is C15H15N5O2. The topological polar surface area (TPSA) is 96.7 Å². The smallest absolute Gasteiger partial charge is 0.290 e. The van der Waals surface area contributed by atoms with E-state index in [9.17, 15) is 10.1 Å². The van der Waals surface area contributed by atoms with Crippen LogP contribution in [-0.4, -0.2) is 19.9 Å². The first-order chi connectivity index (χ1) is 10.5. The van der Waals surface area contributed by atoms with Crippen LogP contribution in [0.15, 0.2) is 30.3 Å². The molecule has 0 bridgehead atoms. The van der Waals surface area contributed by atoms with Gasteiger partial charge in [0.2, 0.25) is 0 Å². The van der Waals surface area contributed by atoms with Crippen LogP contribution >= 0.6 is 0 Å². The van der Waals surface area contributed by atoms with Gasteiger partial charge in [-0.15, -0.1) is 0 Å². The summed E-state index contributed by atoms with van der Waals surface area (Å²) in [7, 11) is 0. The minimum atomic E-state index is -0.436. The highest BCUT2D eigenvalue weighted by molar-refractivity contribution is 5.78. The number of benzene rings is 1. The Morgan fingerprint density at radius 1 is 1.23 bits per heavy atom. The largest absolute Gasteiger partial charge is 0.363 e. The molecule has 1 aromatic carbocycles. The lowest BCUT2D eigenvalue weighted by Crippen LogP contribution is -2.04. The van der Waals surface area contributed by atoms with E-state index in [0.29, 0.717) is 18.1 Å². The van der Waals surface area contributed by atoms with E-state index in [1.54, 1.807) is 13.0 Å². The summed E-state index contributed by atoms with van der Waals surface area (Å²) in [6.07, 6.45) is 0. The van der Waals surface area contributed by atoms with Crippen molar-refractivity contribution >= 4 is 22.5 Å². The molecule has 0 saturated heterocycles. The Hall–Kier alpha value is -2.96. The zero-order valence-electron chi connectivity index (χ0n) is 12.3. The van der Waals surface area contributed by atoms with Gasteiger partial charge in [0.15, 0.2) is 0 Å². The van der Waals surface area contributed by atoms with Crippen molar-refractivity contribution < 1.29 is 4.92 Å². The molecule has 3 rings (SSSR count). The lowest BCUT2D eigenvalue weighted by atomic mass is 10.2. The minimum Gasteiger partial charge on any atom is -0.363 e. The number of hydrogen-bond acceptors (Lipinski definition) is 5. The molecular weight excluding hydrogens is 282 g/mol. The zero-order chi connectivity index (χ0) is 15.7. The number of rotatable bonds is 4. The van der Waals surface area contributed by atoms with E-state index in [1.807, 2.05) is 25.1 Å². The monoisotopic (exact) mass is 297 g/mol. The second-order valence-corrected chi connectivity index (χ2v) is 5.07. The molecule has 0 fully saturated rings. The first kappa shape index (κ1) is 14.0. The SMILES string of the molecule is Cc1nc(NCc2nc3c(C)cccc3[nH]2)ccc1[N+](=O)[O-]. The lowest BCUT2D eigenvalue weighted by Gasteiger charge is -2.04. The number of pyridine rings is 1. The van der Waals surface area contributed by atoms with Gasteiger partial charge < -0.3 is 10.3 Å². The highest BCUT2D eigenvalue weighted by Crippen LogP contribution is 2.19. The second-order valence-electron chi connectivity index (χ2n) is 5.07. The van der Waals surface area contributed by atoms with Crippen LogP contribution in [0.5, 0.6) is 0 Å². The van der Waals surface area contributed by atoms with Crippen LogP contribution in [0.2, 0.25) is 0 Å². The predicted molar refractivity (Wildman–Crippen MR) is 83.8 cm³/mol. The Morgan fingerprint density at radius 3 is 2.73 bits per heavy atom. The maximum atomic E-state index is 10.8. The summed E-state index contributed by atoms with van der Waals surface area (Å²) in [4.78, 5) is 22.3. The minimum absolute atomic E-state index is 0.0184. The summed E-state index contributed by atoms with van der Waals surface area (Å²) in [6.45, 7) is 4.11. The molecule has 2 N–H and O–H groups in total. The summed E-state index contributed by atoms with van der Waals surface area (Å²) >= 11 is 0. The molecule has 0 amide bonds. The Kier molecular flexibility index (Phi) is 3.46. The number of nitro groups is 1. The molecule has 7 nitrogen and oxygen atoms in total. The average molecular weight is 297 g/mol. The fourth-order valence-electron chi connectivity index (χ4n) is 2.33. The van der Waals surface area contributed by atoms with E-state index < -0.39 is 4.92 Å². The fourth-order valence-corrected chi connectivity index (χ4v) is 2.33. The Morgan fingerprint density at radius 2 is 2.05 bits per heavy atom. The molecule has 112 valence electrons. The number of nitrogens with zero attached hydrogens (tertiary/aromatic N) is 3. The zero-order valence-corrected chi connectivity index (χ0v) is 12.3. The van der Waals surface area contributed by atoms with Gasteiger partial charge in [0.1, 0.15) is 17.3 Å². The van der Waals surface area contributed by atoms with Gasteiger partial charge in [0.05, 0.1) is 22.5 Å². The van der Waals surface area contributed by atoms with Crippen LogP contribution in [0.4, 0.5) is 11.5 Å². The molecule has 0 atom stereocenters. The van der Waals surface area contributed by atoms with Crippen LogP contribution in [0, 0.1) is 24.0 Å². The Bertz CT molecular complexity index is 856. The van der Waals surface area contributed by atoms with E-state index in [4.69, 9.17) is 0 Å². The molecule has 7 heteroatoms. The quantitative estimate of drug-likeness (QED) is 0.569. The normalized spacial score (nSPS) is 10.8. The molecule has 22 heavy (non-hydrogen) atoms. The van der Waals surface area contributed by atoms with Crippen molar-refractivity contribution in [3.63, 3.8) is 0 Å². The van der Waals surface area contributed by atoms with Crippen LogP contribution < -0.4 is 5.32 Å². The van der Waals surface area contributed by atoms with Crippen molar-refractivity contribution in [3.05, 3.63) is 57.5 Å². The van der Waals surface area contributed by atoms with E-state index in [2.05, 4.69) is 20.3 Å². The molecule has 2 aromatic heterocycles. The van der Waals surface area contributed by atoms with Crippen LogP contribution in [0.25, 0.3) is 11.0 Å². The summed E-state index contributed by atoms with van der Waals surface area (Å²) in [5.74, 6) is 1.38. The number of aromatic amines is 1. The number of fused-ring (bicyclic) bond motifs is 1. The van der Waals surface area contributed by atoms with Crippen molar-refractivity contribution in [2.45, 2.75) is 20.4 Å². The van der Waals surface area contributed by atoms with E-state index >= 15 is 0 Å². The molecule has 2 heterocycles. The highest BCUT2D eigenvalue weighted by Gasteiger charge is 2.12. The Balaban J connectivity index is 1.78. The first-order valence-corrected chi connectivity index (χ1v) is 6.84. The average Bonchev–Trinajstić information content (AvgIpc) is 2.89. The maximum absolute atomic E-state index is 10.8. The number of H-pyrrole nitrogens is 1. The third-order valence-electron chi connectivity index (χ3n) is 3.46. The lowest BCUT2D eigenvalue weighted by molar-refractivity contribution is -0.385. The second kappa shape index (κ2) is 5.44. The van der Waals surface area contributed by atoms with Gasteiger partial charge in [0.25, 0.3) is 5.69 Å². The van der Waals surface area contributed by atoms with E-state index in [-0.39, 0.29) is 5.69 Å². The van der Waals surface area contributed by atoms with E-state index in [1.165, 1.54) is 6.07 Å². The number of aromatic nitrogens is 3. The third-order valence-corrected chi connectivity index (χ3v) is 3.46. The van der Waals surface area contributed by atoms with Crippen molar-refractivity contribution in [1.82, 2.24) is 15.0 Å². The molecule has 3 aromatic rings. The Labute approximate surface area is 126 Å². The summed E-state index contributed by atoms with van der Waals surface area (Å²) in [5.41, 5.74) is 3.46. The van der Waals surface area contributed by atoms with Crippen molar-refractivity contribution in [2.24, 2.45) is 0 Å². The number of nitrogens with one attached hydrogen (secondary N) is 2. The maximum Gasteiger partial charge on any atom is 0.290 e. The summed E-state index contributed by atoms with van der Waals surface area (Å²) in [5, 5.41) is 13.9. The van der Waals surface area contributed by atoms with Crippen LogP contribution in [-0.2, 0) is 6.54 Å². The summed E-state index contributed by atoms with van der Waals surface area (Å²) in [6, 6.07) is 9.02. The number of aryl methyl sites for hydroxylation is 2. The molecule has 0 aliphatic rings. The van der Waals surface area contributed by atoms with Gasteiger partial charge in [-0.25, -0.2) is 9.97 Å². The van der Waals surface area contributed by atoms with Crippen LogP contribution in [0.3, 0.4) is 0 Å². The van der Waals surface area contributed by atoms with Gasteiger partial charge in [-0.1, -0.05) is 12.1 Å². The first-order valence-electron chi connectivity index (χ1n) is 6.84. The molecule has 0 saturated carbocycles. The number of para-hydroxylation sites is 1. The van der Waals surface area contributed by atoms with Gasteiger partial charge in [-0.05, 0) is 31.5 Å².